The molecular formula is C23H22N2O8S. The van der Waals surface area contributed by atoms with Gasteiger partial charge in [0.25, 0.3) is 5.91 Å². The van der Waals surface area contributed by atoms with Gasteiger partial charge < -0.3 is 33.0 Å². The predicted molar refractivity (Wildman–Crippen MR) is 124 cm³/mol. The fraction of sp³-hybridized carbons (Fsp3) is 0.261. The molecular weight excluding hydrogens is 464 g/mol. The minimum Gasteiger partial charge on any atom is -0.493 e. The van der Waals surface area contributed by atoms with Gasteiger partial charge in [-0.1, -0.05) is 11.3 Å². The first-order valence-corrected chi connectivity index (χ1v) is 10.9. The molecule has 0 fully saturated rings. The summed E-state index contributed by atoms with van der Waals surface area (Å²) in [4.78, 5) is 29.2. The molecule has 1 amide bonds. The molecule has 3 aromatic rings. The Labute approximate surface area is 198 Å². The number of methoxy groups -OCH3 is 4. The molecule has 0 N–H and O–H groups in total. The van der Waals surface area contributed by atoms with Crippen LogP contribution in [0.4, 0.5) is 0 Å². The van der Waals surface area contributed by atoms with Crippen LogP contribution in [0.25, 0.3) is 16.3 Å². The van der Waals surface area contributed by atoms with Gasteiger partial charge in [0.2, 0.25) is 12.5 Å². The fourth-order valence-corrected chi connectivity index (χ4v) is 4.43. The summed E-state index contributed by atoms with van der Waals surface area (Å²) < 4.78 is 34.1. The van der Waals surface area contributed by atoms with Gasteiger partial charge in [0, 0.05) is 18.2 Å². The second-order valence-electron chi connectivity index (χ2n) is 6.96. The van der Waals surface area contributed by atoms with Gasteiger partial charge in [-0.15, -0.1) is 0 Å². The summed E-state index contributed by atoms with van der Waals surface area (Å²) in [5.41, 5.74) is 1.34. The van der Waals surface area contributed by atoms with Crippen LogP contribution in [-0.4, -0.2) is 51.7 Å². The Bertz CT molecular complexity index is 1330. The van der Waals surface area contributed by atoms with Crippen molar-refractivity contribution in [2.24, 2.45) is 4.99 Å². The minimum absolute atomic E-state index is 0.112. The summed E-state index contributed by atoms with van der Waals surface area (Å²) in [6, 6.07) is 6.98. The van der Waals surface area contributed by atoms with Gasteiger partial charge in [-0.2, -0.15) is 4.99 Å². The normalized spacial score (nSPS) is 12.9. The molecule has 178 valence electrons. The summed E-state index contributed by atoms with van der Waals surface area (Å²) >= 11 is 1.25. The molecule has 10 nitrogen and oxygen atoms in total. The third-order valence-electron chi connectivity index (χ3n) is 5.00. The average Bonchev–Trinajstić information content (AvgIpc) is 3.43. The molecule has 34 heavy (non-hydrogen) atoms. The lowest BCUT2D eigenvalue weighted by Crippen LogP contribution is -2.22. The Hall–Kier alpha value is -3.99. The number of nitrogens with zero attached hydrogens (tertiary/aromatic N) is 2. The summed E-state index contributed by atoms with van der Waals surface area (Å²) in [7, 11) is 5.84. The van der Waals surface area contributed by atoms with Crippen LogP contribution in [0.3, 0.4) is 0 Å². The molecule has 1 aliphatic rings. The van der Waals surface area contributed by atoms with E-state index in [-0.39, 0.29) is 13.3 Å². The first-order chi connectivity index (χ1) is 16.5. The van der Waals surface area contributed by atoms with E-state index < -0.39 is 11.9 Å². The molecule has 0 unspecified atom stereocenters. The molecule has 0 saturated heterocycles. The zero-order valence-electron chi connectivity index (χ0n) is 18.9. The highest BCUT2D eigenvalue weighted by atomic mass is 32.1. The highest BCUT2D eigenvalue weighted by Crippen LogP contribution is 2.39. The molecule has 0 radical (unpaired) electrons. The number of thiazole rings is 1. The van der Waals surface area contributed by atoms with Gasteiger partial charge in [0.15, 0.2) is 27.8 Å². The molecule has 0 saturated carbocycles. The maximum absolute atomic E-state index is 12.7. The zero-order valence-corrected chi connectivity index (χ0v) is 19.8. The van der Waals surface area contributed by atoms with Gasteiger partial charge in [-0.3, -0.25) is 9.59 Å². The van der Waals surface area contributed by atoms with E-state index in [9.17, 15) is 9.59 Å². The molecule has 2 aromatic carbocycles. The van der Waals surface area contributed by atoms with Gasteiger partial charge in [-0.25, -0.2) is 0 Å². The predicted octanol–water partition coefficient (Wildman–Crippen LogP) is 2.77. The largest absolute Gasteiger partial charge is 0.493 e. The van der Waals surface area contributed by atoms with Crippen molar-refractivity contribution in [3.8, 4) is 28.7 Å². The van der Waals surface area contributed by atoms with Crippen molar-refractivity contribution in [1.82, 2.24) is 4.57 Å². The van der Waals surface area contributed by atoms with Crippen LogP contribution in [-0.2, 0) is 20.9 Å². The summed E-state index contributed by atoms with van der Waals surface area (Å²) in [6.07, 6.45) is 2.91. The standard InChI is InChI=1S/C23H22N2O8S/c1-28-17-7-13(8-18(29-2)22(17)31-4)5-6-20(26)24-23-25(11-21(27)30-3)14-9-15-16(33-12-32-15)10-19(14)34-23/h5-10H,11-12H2,1-4H3/b6-5-,24-23?. The second kappa shape index (κ2) is 9.87. The van der Waals surface area contributed by atoms with Crippen LogP contribution in [0.5, 0.6) is 28.7 Å². The Morgan fingerprint density at radius 2 is 1.71 bits per heavy atom. The first kappa shape index (κ1) is 23.2. The minimum atomic E-state index is -0.515. The van der Waals surface area contributed by atoms with Crippen molar-refractivity contribution in [2.45, 2.75) is 6.54 Å². The quantitative estimate of drug-likeness (QED) is 0.371. The van der Waals surface area contributed by atoms with Crippen molar-refractivity contribution < 1.29 is 38.0 Å². The van der Waals surface area contributed by atoms with E-state index in [0.717, 1.165) is 4.70 Å². The van der Waals surface area contributed by atoms with Crippen molar-refractivity contribution in [2.75, 3.05) is 35.2 Å². The molecule has 2 heterocycles. The number of carbonyl (C=O) groups is 2. The van der Waals surface area contributed by atoms with E-state index >= 15 is 0 Å². The summed E-state index contributed by atoms with van der Waals surface area (Å²) in [5.74, 6) is 1.54. The van der Waals surface area contributed by atoms with Gasteiger partial charge >= 0.3 is 5.97 Å². The van der Waals surface area contributed by atoms with Crippen molar-refractivity contribution >= 4 is 39.5 Å². The van der Waals surface area contributed by atoms with E-state index in [1.165, 1.54) is 45.9 Å². The Morgan fingerprint density at radius 3 is 2.32 bits per heavy atom. The number of hydrogen-bond donors (Lipinski definition) is 0. The van der Waals surface area contributed by atoms with Gasteiger partial charge in [0.1, 0.15) is 6.54 Å². The van der Waals surface area contributed by atoms with Crippen LogP contribution >= 0.6 is 11.3 Å². The van der Waals surface area contributed by atoms with Gasteiger partial charge in [-0.05, 0) is 23.8 Å². The second-order valence-corrected chi connectivity index (χ2v) is 7.97. The number of rotatable bonds is 7. The van der Waals surface area contributed by atoms with Crippen LogP contribution in [0, 0.1) is 0 Å². The molecule has 11 heteroatoms. The number of amides is 1. The lowest BCUT2D eigenvalue weighted by Gasteiger charge is -2.12. The maximum atomic E-state index is 12.7. The smallest absolute Gasteiger partial charge is 0.325 e. The number of esters is 1. The third kappa shape index (κ3) is 4.55. The number of aromatic nitrogens is 1. The van der Waals surface area contributed by atoms with E-state index in [1.54, 1.807) is 34.9 Å². The molecule has 4 rings (SSSR count). The maximum Gasteiger partial charge on any atom is 0.325 e. The first-order valence-electron chi connectivity index (χ1n) is 10.0. The van der Waals surface area contributed by atoms with Crippen LogP contribution in [0.1, 0.15) is 5.56 Å². The summed E-state index contributed by atoms with van der Waals surface area (Å²) in [5, 5.41) is 0. The fourth-order valence-electron chi connectivity index (χ4n) is 3.39. The lowest BCUT2D eigenvalue weighted by molar-refractivity contribution is -0.141. The van der Waals surface area contributed by atoms with Crippen molar-refractivity contribution in [1.29, 1.82) is 0 Å². The third-order valence-corrected chi connectivity index (χ3v) is 6.04. The number of fused-ring (bicyclic) bond motifs is 2. The van der Waals surface area contributed by atoms with Crippen molar-refractivity contribution in [3.63, 3.8) is 0 Å². The Kier molecular flexibility index (Phi) is 6.73. The SMILES string of the molecule is COC(=O)Cn1c(=NC(=O)/C=C\c2cc(OC)c(OC)c(OC)c2)sc2cc3c(cc21)OCO3. The number of hydrogen-bond acceptors (Lipinski definition) is 9. The van der Waals surface area contributed by atoms with Crippen LogP contribution in [0.2, 0.25) is 0 Å². The van der Waals surface area contributed by atoms with E-state index in [0.29, 0.717) is 44.6 Å². The highest BCUT2D eigenvalue weighted by molar-refractivity contribution is 7.16. The monoisotopic (exact) mass is 486 g/mol. The number of carbonyl (C=O) groups excluding carboxylic acids is 2. The topological polar surface area (TPSA) is 107 Å². The van der Waals surface area contributed by atoms with E-state index in [2.05, 4.69) is 4.99 Å². The van der Waals surface area contributed by atoms with Crippen LogP contribution < -0.4 is 28.5 Å². The Morgan fingerprint density at radius 1 is 1.03 bits per heavy atom. The molecule has 0 aliphatic carbocycles. The number of ether oxygens (including phenoxy) is 6. The lowest BCUT2D eigenvalue weighted by atomic mass is 10.1. The summed E-state index contributed by atoms with van der Waals surface area (Å²) in [6.45, 7) is 0.0178. The molecule has 0 bridgehead atoms. The molecule has 1 aliphatic heterocycles. The molecule has 0 atom stereocenters. The highest BCUT2D eigenvalue weighted by Gasteiger charge is 2.19. The van der Waals surface area contributed by atoms with E-state index in [4.69, 9.17) is 28.4 Å². The average molecular weight is 487 g/mol. The molecule has 1 aromatic heterocycles. The van der Waals surface area contributed by atoms with Crippen LogP contribution in [0.15, 0.2) is 35.3 Å². The van der Waals surface area contributed by atoms with E-state index in [1.807, 2.05) is 0 Å². The number of benzene rings is 2. The molecule has 0 spiro atoms. The van der Waals surface area contributed by atoms with Crippen molar-refractivity contribution in [3.05, 3.63) is 40.7 Å². The van der Waals surface area contributed by atoms with Gasteiger partial charge in [0.05, 0.1) is 38.7 Å². The Balaban J connectivity index is 1.71. The zero-order chi connectivity index (χ0) is 24.2.